The second-order valence-electron chi connectivity index (χ2n) is 5.03. The van der Waals surface area contributed by atoms with Gasteiger partial charge in [0.2, 0.25) is 0 Å². The normalized spacial score (nSPS) is 10.7. The molecule has 0 saturated heterocycles. The van der Waals surface area contributed by atoms with Crippen LogP contribution < -0.4 is 10.1 Å². The molecule has 0 radical (unpaired) electrons. The average Bonchev–Trinajstić information content (AvgIpc) is 2.45. The molecule has 0 unspecified atom stereocenters. The van der Waals surface area contributed by atoms with Crippen LogP contribution in [0.25, 0.3) is 11.4 Å². The first kappa shape index (κ1) is 14.3. The van der Waals surface area contributed by atoms with Crippen molar-refractivity contribution in [3.63, 3.8) is 0 Å². The SMILES string of the molecule is CNc1nc(-c2cccc(OC)c2)nc(C)c1C(C)C. The largest absolute Gasteiger partial charge is 0.497 e. The number of aromatic nitrogens is 2. The lowest BCUT2D eigenvalue weighted by Crippen LogP contribution is -2.07. The van der Waals surface area contributed by atoms with Crippen LogP contribution in [0.2, 0.25) is 0 Å². The van der Waals surface area contributed by atoms with Gasteiger partial charge in [-0.2, -0.15) is 0 Å². The van der Waals surface area contributed by atoms with E-state index in [4.69, 9.17) is 4.74 Å². The van der Waals surface area contributed by atoms with Gasteiger partial charge in [-0.15, -0.1) is 0 Å². The number of nitrogens with one attached hydrogen (secondary N) is 1. The first-order valence-electron chi connectivity index (χ1n) is 6.77. The molecule has 0 amide bonds. The van der Waals surface area contributed by atoms with E-state index in [1.165, 1.54) is 5.56 Å². The number of benzene rings is 1. The summed E-state index contributed by atoms with van der Waals surface area (Å²) < 4.78 is 5.25. The molecular weight excluding hydrogens is 250 g/mol. The van der Waals surface area contributed by atoms with Crippen LogP contribution in [0.4, 0.5) is 5.82 Å². The Labute approximate surface area is 120 Å². The minimum atomic E-state index is 0.386. The van der Waals surface area contributed by atoms with Crippen molar-refractivity contribution in [1.29, 1.82) is 0 Å². The van der Waals surface area contributed by atoms with E-state index in [2.05, 4.69) is 29.1 Å². The number of rotatable bonds is 4. The van der Waals surface area contributed by atoms with E-state index in [0.29, 0.717) is 5.92 Å². The van der Waals surface area contributed by atoms with Crippen molar-refractivity contribution in [2.75, 3.05) is 19.5 Å². The number of hydrogen-bond donors (Lipinski definition) is 1. The van der Waals surface area contributed by atoms with Gasteiger partial charge >= 0.3 is 0 Å². The molecule has 0 fully saturated rings. The van der Waals surface area contributed by atoms with Gasteiger partial charge in [-0.1, -0.05) is 26.0 Å². The summed E-state index contributed by atoms with van der Waals surface area (Å²) in [5.41, 5.74) is 3.13. The Kier molecular flexibility index (Phi) is 4.23. The van der Waals surface area contributed by atoms with Crippen molar-refractivity contribution < 1.29 is 4.74 Å². The molecule has 1 N–H and O–H groups in total. The molecule has 0 aliphatic heterocycles. The average molecular weight is 271 g/mol. The second kappa shape index (κ2) is 5.90. The predicted octanol–water partition coefficient (Wildman–Crippen LogP) is 3.63. The fourth-order valence-corrected chi connectivity index (χ4v) is 2.35. The molecule has 20 heavy (non-hydrogen) atoms. The number of methoxy groups -OCH3 is 1. The molecule has 0 bridgehead atoms. The third-order valence-corrected chi connectivity index (χ3v) is 3.28. The van der Waals surface area contributed by atoms with Crippen LogP contribution in [0.5, 0.6) is 5.75 Å². The minimum absolute atomic E-state index is 0.386. The Bertz CT molecular complexity index is 609. The summed E-state index contributed by atoms with van der Waals surface area (Å²) in [5, 5.41) is 3.17. The Morgan fingerprint density at radius 3 is 2.55 bits per heavy atom. The van der Waals surface area contributed by atoms with Gasteiger partial charge in [0.1, 0.15) is 11.6 Å². The number of anilines is 1. The van der Waals surface area contributed by atoms with E-state index in [-0.39, 0.29) is 0 Å². The Morgan fingerprint density at radius 2 is 1.95 bits per heavy atom. The van der Waals surface area contributed by atoms with Gasteiger partial charge < -0.3 is 10.1 Å². The fraction of sp³-hybridized carbons (Fsp3) is 0.375. The standard InChI is InChI=1S/C16H21N3O/c1-10(2)14-11(3)18-15(19-16(14)17-4)12-7-6-8-13(9-12)20-5/h6-10H,1-5H3,(H,17,18,19). The highest BCUT2D eigenvalue weighted by atomic mass is 16.5. The van der Waals surface area contributed by atoms with E-state index in [1.807, 2.05) is 38.2 Å². The molecule has 4 heteroatoms. The number of ether oxygens (including phenoxy) is 1. The highest BCUT2D eigenvalue weighted by Gasteiger charge is 2.14. The van der Waals surface area contributed by atoms with Gasteiger partial charge in [0, 0.05) is 23.9 Å². The van der Waals surface area contributed by atoms with Crippen LogP contribution in [0.15, 0.2) is 24.3 Å². The van der Waals surface area contributed by atoms with Gasteiger partial charge in [-0.3, -0.25) is 0 Å². The van der Waals surface area contributed by atoms with E-state index in [9.17, 15) is 0 Å². The maximum absolute atomic E-state index is 5.25. The molecule has 1 aromatic carbocycles. The third kappa shape index (κ3) is 2.74. The zero-order chi connectivity index (χ0) is 14.7. The third-order valence-electron chi connectivity index (χ3n) is 3.28. The molecule has 0 aliphatic rings. The first-order valence-corrected chi connectivity index (χ1v) is 6.77. The lowest BCUT2D eigenvalue weighted by molar-refractivity contribution is 0.415. The molecule has 4 nitrogen and oxygen atoms in total. The zero-order valence-corrected chi connectivity index (χ0v) is 12.7. The van der Waals surface area contributed by atoms with Gasteiger partial charge in [0.25, 0.3) is 0 Å². The molecule has 106 valence electrons. The zero-order valence-electron chi connectivity index (χ0n) is 12.7. The minimum Gasteiger partial charge on any atom is -0.497 e. The summed E-state index contributed by atoms with van der Waals surface area (Å²) in [6.45, 7) is 6.33. The second-order valence-corrected chi connectivity index (χ2v) is 5.03. The summed E-state index contributed by atoms with van der Waals surface area (Å²) in [6.07, 6.45) is 0. The molecular formula is C16H21N3O. The summed E-state index contributed by atoms with van der Waals surface area (Å²) in [4.78, 5) is 9.28. The molecule has 2 aromatic rings. The highest BCUT2D eigenvalue weighted by Crippen LogP contribution is 2.28. The molecule has 0 aliphatic carbocycles. The topological polar surface area (TPSA) is 47.0 Å². The van der Waals surface area contributed by atoms with Crippen molar-refractivity contribution >= 4 is 5.82 Å². The molecule has 0 atom stereocenters. The lowest BCUT2D eigenvalue weighted by atomic mass is 10.0. The molecule has 0 saturated carbocycles. The number of aryl methyl sites for hydroxylation is 1. The van der Waals surface area contributed by atoms with Gasteiger partial charge in [-0.05, 0) is 25.0 Å². The van der Waals surface area contributed by atoms with Crippen LogP contribution in [-0.4, -0.2) is 24.1 Å². The monoisotopic (exact) mass is 271 g/mol. The fourth-order valence-electron chi connectivity index (χ4n) is 2.35. The van der Waals surface area contributed by atoms with E-state index in [1.54, 1.807) is 7.11 Å². The summed E-state index contributed by atoms with van der Waals surface area (Å²) in [7, 11) is 3.55. The highest BCUT2D eigenvalue weighted by molar-refractivity contribution is 5.61. The predicted molar refractivity (Wildman–Crippen MR) is 82.4 cm³/mol. The Hall–Kier alpha value is -2.10. The van der Waals surface area contributed by atoms with Crippen molar-refractivity contribution in [3.8, 4) is 17.1 Å². The molecule has 2 rings (SSSR count). The van der Waals surface area contributed by atoms with Crippen LogP contribution in [-0.2, 0) is 0 Å². The van der Waals surface area contributed by atoms with Crippen molar-refractivity contribution in [1.82, 2.24) is 9.97 Å². The maximum Gasteiger partial charge on any atom is 0.161 e. The summed E-state index contributed by atoms with van der Waals surface area (Å²) in [5.74, 6) is 2.81. The van der Waals surface area contributed by atoms with E-state index < -0.39 is 0 Å². The van der Waals surface area contributed by atoms with Crippen LogP contribution in [0, 0.1) is 6.92 Å². The number of hydrogen-bond acceptors (Lipinski definition) is 4. The first-order chi connectivity index (χ1) is 9.56. The Morgan fingerprint density at radius 1 is 1.20 bits per heavy atom. The van der Waals surface area contributed by atoms with Crippen molar-refractivity contribution in [2.45, 2.75) is 26.7 Å². The molecule has 0 spiro atoms. The Balaban J connectivity index is 2.55. The molecule has 1 aromatic heterocycles. The van der Waals surface area contributed by atoms with Gasteiger partial charge in [0.05, 0.1) is 7.11 Å². The maximum atomic E-state index is 5.25. The van der Waals surface area contributed by atoms with Crippen molar-refractivity contribution in [3.05, 3.63) is 35.5 Å². The van der Waals surface area contributed by atoms with E-state index in [0.717, 1.165) is 28.6 Å². The van der Waals surface area contributed by atoms with E-state index >= 15 is 0 Å². The van der Waals surface area contributed by atoms with Crippen LogP contribution >= 0.6 is 0 Å². The van der Waals surface area contributed by atoms with Crippen LogP contribution in [0.3, 0.4) is 0 Å². The number of nitrogens with zero attached hydrogens (tertiary/aromatic N) is 2. The van der Waals surface area contributed by atoms with Crippen molar-refractivity contribution in [2.24, 2.45) is 0 Å². The summed E-state index contributed by atoms with van der Waals surface area (Å²) in [6, 6.07) is 7.80. The van der Waals surface area contributed by atoms with Crippen LogP contribution in [0.1, 0.15) is 31.0 Å². The van der Waals surface area contributed by atoms with Gasteiger partial charge in [0.15, 0.2) is 5.82 Å². The lowest BCUT2D eigenvalue weighted by Gasteiger charge is -2.15. The smallest absolute Gasteiger partial charge is 0.161 e. The molecule has 1 heterocycles. The van der Waals surface area contributed by atoms with Gasteiger partial charge in [-0.25, -0.2) is 9.97 Å². The summed E-state index contributed by atoms with van der Waals surface area (Å²) >= 11 is 0. The quantitative estimate of drug-likeness (QED) is 0.922.